The lowest BCUT2D eigenvalue weighted by Gasteiger charge is -2.37. The van der Waals surface area contributed by atoms with E-state index in [4.69, 9.17) is 27.9 Å². The predicted octanol–water partition coefficient (Wildman–Crippen LogP) is 4.52. The molecule has 1 aromatic carbocycles. The van der Waals surface area contributed by atoms with E-state index in [0.29, 0.717) is 41.4 Å². The highest BCUT2D eigenvalue weighted by Gasteiger charge is 2.34. The summed E-state index contributed by atoms with van der Waals surface area (Å²) in [5.74, 6) is 0.346. The van der Waals surface area contributed by atoms with E-state index in [1.54, 1.807) is 0 Å². The summed E-state index contributed by atoms with van der Waals surface area (Å²) in [6, 6.07) is 5.86. The molecule has 1 saturated heterocycles. The number of rotatable bonds is 4. The Morgan fingerprint density at radius 1 is 1.17 bits per heavy atom. The van der Waals surface area contributed by atoms with Gasteiger partial charge in [-0.25, -0.2) is 0 Å². The molecule has 3 rings (SSSR count). The molecule has 0 N–H and O–H groups in total. The topological polar surface area (TPSA) is 29.5 Å². The summed E-state index contributed by atoms with van der Waals surface area (Å²) in [5, 5.41) is 1.30. The van der Waals surface area contributed by atoms with Crippen LogP contribution in [0.1, 0.15) is 37.7 Å². The minimum Gasteiger partial charge on any atom is -0.372 e. The van der Waals surface area contributed by atoms with E-state index in [0.717, 1.165) is 24.9 Å². The molecule has 1 saturated carbocycles. The fourth-order valence-corrected chi connectivity index (χ4v) is 3.99. The molecule has 1 heterocycles. The van der Waals surface area contributed by atoms with Crippen molar-refractivity contribution in [2.45, 2.75) is 50.9 Å². The SMILES string of the molecule is Cl.O=C1CCN([C@@H]2CCCC[C@H]2OCc2c(Cl)cccc2Cl)C1. The van der Waals surface area contributed by atoms with Crippen LogP contribution in [0.3, 0.4) is 0 Å². The monoisotopic (exact) mass is 377 g/mol. The number of hydrogen-bond acceptors (Lipinski definition) is 3. The highest BCUT2D eigenvalue weighted by atomic mass is 35.5. The molecule has 0 aromatic heterocycles. The maximum Gasteiger partial charge on any atom is 0.148 e. The summed E-state index contributed by atoms with van der Waals surface area (Å²) in [6.07, 6.45) is 5.37. The Labute approximate surface area is 153 Å². The van der Waals surface area contributed by atoms with E-state index in [1.807, 2.05) is 18.2 Å². The standard InChI is InChI=1S/C17H21Cl2NO2.ClH/c18-14-4-3-5-15(19)13(14)11-22-17-7-2-1-6-16(17)20-9-8-12(21)10-20;/h3-5,16-17H,1-2,6-11H2;1H/t16-,17-;/m1./s1. The van der Waals surface area contributed by atoms with Crippen LogP contribution < -0.4 is 0 Å². The van der Waals surface area contributed by atoms with E-state index < -0.39 is 0 Å². The first-order valence-electron chi connectivity index (χ1n) is 7.95. The molecule has 0 bridgehead atoms. The molecule has 1 aliphatic carbocycles. The molecular formula is C17H22Cl3NO2. The van der Waals surface area contributed by atoms with Gasteiger partial charge in [0.1, 0.15) is 5.78 Å². The van der Waals surface area contributed by atoms with Crippen molar-refractivity contribution in [1.29, 1.82) is 0 Å². The molecule has 1 aliphatic heterocycles. The Morgan fingerprint density at radius 2 is 1.87 bits per heavy atom. The quantitative estimate of drug-likeness (QED) is 0.771. The molecule has 23 heavy (non-hydrogen) atoms. The number of nitrogens with zero attached hydrogens (tertiary/aromatic N) is 1. The smallest absolute Gasteiger partial charge is 0.148 e. The summed E-state index contributed by atoms with van der Waals surface area (Å²) in [7, 11) is 0. The first-order chi connectivity index (χ1) is 10.6. The van der Waals surface area contributed by atoms with Gasteiger partial charge in [0.25, 0.3) is 0 Å². The summed E-state index contributed by atoms with van der Waals surface area (Å²) in [5.41, 5.74) is 0.854. The van der Waals surface area contributed by atoms with E-state index in [-0.39, 0.29) is 18.5 Å². The van der Waals surface area contributed by atoms with Crippen molar-refractivity contribution >= 4 is 41.4 Å². The molecule has 0 spiro atoms. The molecule has 128 valence electrons. The third-order valence-electron chi connectivity index (χ3n) is 4.70. The number of carbonyl (C=O) groups excluding carboxylic acids is 1. The molecule has 2 aliphatic rings. The maximum atomic E-state index is 11.6. The van der Waals surface area contributed by atoms with E-state index in [2.05, 4.69) is 4.90 Å². The zero-order chi connectivity index (χ0) is 15.5. The zero-order valence-electron chi connectivity index (χ0n) is 13.0. The second-order valence-electron chi connectivity index (χ2n) is 6.16. The Bertz CT molecular complexity index is 532. The minimum atomic E-state index is 0. The number of likely N-dealkylation sites (tertiary alicyclic amines) is 1. The molecule has 1 aromatic rings. The Balaban J connectivity index is 0.00000192. The van der Waals surface area contributed by atoms with Crippen LogP contribution in [0.25, 0.3) is 0 Å². The van der Waals surface area contributed by atoms with Crippen molar-refractivity contribution in [2.75, 3.05) is 13.1 Å². The Morgan fingerprint density at radius 3 is 2.52 bits per heavy atom. The molecular weight excluding hydrogens is 357 g/mol. The van der Waals surface area contributed by atoms with Crippen LogP contribution >= 0.6 is 35.6 Å². The van der Waals surface area contributed by atoms with E-state index in [1.165, 1.54) is 12.8 Å². The van der Waals surface area contributed by atoms with Gasteiger partial charge in [-0.2, -0.15) is 0 Å². The zero-order valence-corrected chi connectivity index (χ0v) is 15.3. The maximum absolute atomic E-state index is 11.6. The number of Topliss-reactive ketones (excluding diaryl/α,β-unsaturated/α-hetero) is 1. The van der Waals surface area contributed by atoms with Crippen LogP contribution in [0, 0.1) is 0 Å². The third-order valence-corrected chi connectivity index (χ3v) is 5.41. The lowest BCUT2D eigenvalue weighted by molar-refractivity contribution is -0.117. The Kier molecular flexibility index (Phi) is 7.18. The summed E-state index contributed by atoms with van der Waals surface area (Å²) < 4.78 is 6.17. The van der Waals surface area contributed by atoms with Crippen molar-refractivity contribution in [3.8, 4) is 0 Å². The van der Waals surface area contributed by atoms with Crippen LogP contribution in [0.5, 0.6) is 0 Å². The molecule has 0 radical (unpaired) electrons. The minimum absolute atomic E-state index is 0. The van der Waals surface area contributed by atoms with Crippen molar-refractivity contribution < 1.29 is 9.53 Å². The lowest BCUT2D eigenvalue weighted by atomic mass is 9.91. The number of carbonyl (C=O) groups is 1. The normalized spacial score (nSPS) is 25.4. The van der Waals surface area contributed by atoms with Gasteiger partial charge >= 0.3 is 0 Å². The second-order valence-corrected chi connectivity index (χ2v) is 6.98. The highest BCUT2D eigenvalue weighted by Crippen LogP contribution is 2.30. The van der Waals surface area contributed by atoms with Gasteiger partial charge in [0.2, 0.25) is 0 Å². The molecule has 2 atom stereocenters. The Hall–Kier alpha value is -0.320. The number of ketones is 1. The van der Waals surface area contributed by atoms with Crippen LogP contribution in [0.2, 0.25) is 10.0 Å². The molecule has 0 amide bonds. The van der Waals surface area contributed by atoms with Gasteiger partial charge in [-0.15, -0.1) is 12.4 Å². The fraction of sp³-hybridized carbons (Fsp3) is 0.588. The van der Waals surface area contributed by atoms with E-state index in [9.17, 15) is 4.79 Å². The summed E-state index contributed by atoms with van der Waals surface area (Å²) in [4.78, 5) is 13.8. The summed E-state index contributed by atoms with van der Waals surface area (Å²) in [6.45, 7) is 1.88. The third kappa shape index (κ3) is 4.61. The van der Waals surface area contributed by atoms with Crippen molar-refractivity contribution in [3.63, 3.8) is 0 Å². The highest BCUT2D eigenvalue weighted by molar-refractivity contribution is 6.35. The van der Waals surface area contributed by atoms with Gasteiger partial charge in [-0.05, 0) is 25.0 Å². The van der Waals surface area contributed by atoms with Gasteiger partial charge in [0.05, 0.1) is 19.3 Å². The second kappa shape index (κ2) is 8.68. The number of ether oxygens (including phenoxy) is 1. The molecule has 0 unspecified atom stereocenters. The van der Waals surface area contributed by atoms with Gasteiger partial charge < -0.3 is 4.74 Å². The number of hydrogen-bond donors (Lipinski definition) is 0. The fourth-order valence-electron chi connectivity index (χ4n) is 3.49. The lowest BCUT2D eigenvalue weighted by Crippen LogP contribution is -2.45. The van der Waals surface area contributed by atoms with E-state index >= 15 is 0 Å². The van der Waals surface area contributed by atoms with Crippen LogP contribution in [0.4, 0.5) is 0 Å². The molecule has 6 heteroatoms. The van der Waals surface area contributed by atoms with Gasteiger partial charge in [-0.1, -0.05) is 42.1 Å². The largest absolute Gasteiger partial charge is 0.372 e. The van der Waals surface area contributed by atoms with Crippen LogP contribution in [0.15, 0.2) is 18.2 Å². The first-order valence-corrected chi connectivity index (χ1v) is 8.71. The molecule has 3 nitrogen and oxygen atoms in total. The summed E-state index contributed by atoms with van der Waals surface area (Å²) >= 11 is 12.4. The van der Waals surface area contributed by atoms with Crippen LogP contribution in [-0.4, -0.2) is 35.9 Å². The van der Waals surface area contributed by atoms with Gasteiger partial charge in [0, 0.05) is 34.6 Å². The average Bonchev–Trinajstić information content (AvgIpc) is 2.93. The first kappa shape index (κ1) is 19.0. The van der Waals surface area contributed by atoms with Crippen molar-refractivity contribution in [1.82, 2.24) is 4.90 Å². The van der Waals surface area contributed by atoms with Crippen molar-refractivity contribution in [2.24, 2.45) is 0 Å². The number of halogens is 3. The van der Waals surface area contributed by atoms with Crippen LogP contribution in [-0.2, 0) is 16.1 Å². The average molecular weight is 379 g/mol. The van der Waals surface area contributed by atoms with Crippen molar-refractivity contribution in [3.05, 3.63) is 33.8 Å². The molecule has 2 fully saturated rings. The van der Waals surface area contributed by atoms with Gasteiger partial charge in [-0.3, -0.25) is 9.69 Å². The van der Waals surface area contributed by atoms with Gasteiger partial charge in [0.15, 0.2) is 0 Å². The predicted molar refractivity (Wildman–Crippen MR) is 95.7 cm³/mol. The number of benzene rings is 1.